The molecule has 0 fully saturated rings. The van der Waals surface area contributed by atoms with Gasteiger partial charge in [-0.2, -0.15) is 0 Å². The largest absolute Gasteiger partial charge is 0.488 e. The Morgan fingerprint density at radius 3 is 2.28 bits per heavy atom. The number of carbonyl (C=O) groups is 1. The molecule has 0 bridgehead atoms. The number of carbonyl (C=O) groups excluding carboxylic acids is 2. The molecule has 8 heteroatoms. The van der Waals surface area contributed by atoms with Crippen LogP contribution in [0.3, 0.4) is 0 Å². The molecule has 0 N–H and O–H groups in total. The van der Waals surface area contributed by atoms with Gasteiger partial charge in [-0.1, -0.05) is 6.92 Å². The Balaban J connectivity index is 2.32. The minimum atomic E-state index is -2.83. The first-order valence-corrected chi connectivity index (χ1v) is 10.7. The van der Waals surface area contributed by atoms with Crippen molar-refractivity contribution < 1.29 is 32.7 Å². The quantitative estimate of drug-likeness (QED) is 0.454. The summed E-state index contributed by atoms with van der Waals surface area (Å²) >= 11 is 0. The van der Waals surface area contributed by atoms with Crippen molar-refractivity contribution in [1.82, 2.24) is 0 Å². The summed E-state index contributed by atoms with van der Waals surface area (Å²) in [4.78, 5) is 23.4. The first-order valence-electron chi connectivity index (χ1n) is 8.93. The number of hydrogen-bond donors (Lipinski definition) is 0. The van der Waals surface area contributed by atoms with Crippen molar-refractivity contribution in [2.75, 3.05) is 26.6 Å². The number of hydrogen-bond acceptors (Lipinski definition) is 7. The average molecular weight is 420 g/mol. The summed E-state index contributed by atoms with van der Waals surface area (Å²) in [5.74, 6) is 0.875. The molecule has 156 valence electrons. The van der Waals surface area contributed by atoms with E-state index >= 15 is 0 Å². The Morgan fingerprint density at radius 2 is 1.72 bits per heavy atom. The first-order chi connectivity index (χ1) is 13.8. The Bertz CT molecular complexity index is 985. The highest BCUT2D eigenvalue weighted by Crippen LogP contribution is 2.29. The SMILES string of the molecule is CCS(=O)(=C=O)c1ccc(Oc2cc(OC(C)COC)cc(C(=O)OC)c2)cc1. The van der Waals surface area contributed by atoms with Crippen LogP contribution in [0.5, 0.6) is 17.2 Å². The summed E-state index contributed by atoms with van der Waals surface area (Å²) in [5, 5.41) is 1.63. The summed E-state index contributed by atoms with van der Waals surface area (Å²) in [7, 11) is 0.0268. The van der Waals surface area contributed by atoms with Crippen molar-refractivity contribution in [1.29, 1.82) is 0 Å². The molecule has 2 rings (SSSR count). The molecule has 2 aromatic rings. The third-order valence-corrected chi connectivity index (χ3v) is 6.14. The van der Waals surface area contributed by atoms with Crippen LogP contribution >= 0.6 is 0 Å². The van der Waals surface area contributed by atoms with Crippen molar-refractivity contribution in [2.45, 2.75) is 24.8 Å². The molecule has 0 heterocycles. The van der Waals surface area contributed by atoms with Gasteiger partial charge in [0.15, 0.2) is 5.23 Å². The van der Waals surface area contributed by atoms with E-state index in [1.165, 1.54) is 13.2 Å². The fraction of sp³-hybridized carbons (Fsp3) is 0.333. The molecule has 2 aromatic carbocycles. The van der Waals surface area contributed by atoms with Crippen LogP contribution in [-0.4, -0.2) is 48.1 Å². The lowest BCUT2D eigenvalue weighted by molar-refractivity contribution is 0.0598. The molecule has 0 saturated carbocycles. The zero-order valence-electron chi connectivity index (χ0n) is 16.8. The molecule has 0 aliphatic heterocycles. The molecular weight excluding hydrogens is 396 g/mol. The predicted molar refractivity (Wildman–Crippen MR) is 109 cm³/mol. The topological polar surface area (TPSA) is 88.1 Å². The van der Waals surface area contributed by atoms with Crippen molar-refractivity contribution >= 4 is 20.7 Å². The molecule has 0 aromatic heterocycles. The van der Waals surface area contributed by atoms with E-state index in [1.54, 1.807) is 55.7 Å². The lowest BCUT2D eigenvalue weighted by Gasteiger charge is -2.16. The van der Waals surface area contributed by atoms with Gasteiger partial charge in [0.05, 0.1) is 28.8 Å². The number of esters is 1. The van der Waals surface area contributed by atoms with Gasteiger partial charge in [-0.15, -0.1) is 0 Å². The van der Waals surface area contributed by atoms with Crippen molar-refractivity contribution in [2.24, 2.45) is 0 Å². The second-order valence-electron chi connectivity index (χ2n) is 6.19. The molecule has 0 aliphatic carbocycles. The Kier molecular flexibility index (Phi) is 7.84. The maximum absolute atomic E-state index is 12.4. The Hall–Kier alpha value is -2.80. The van der Waals surface area contributed by atoms with Crippen molar-refractivity contribution in [3.63, 3.8) is 0 Å². The highest BCUT2D eigenvalue weighted by Gasteiger charge is 2.14. The third-order valence-electron chi connectivity index (χ3n) is 4.02. The van der Waals surface area contributed by atoms with Gasteiger partial charge in [0.25, 0.3) is 0 Å². The van der Waals surface area contributed by atoms with E-state index in [0.717, 1.165) is 0 Å². The first kappa shape index (κ1) is 22.5. The van der Waals surface area contributed by atoms with Crippen LogP contribution in [-0.2, 0) is 23.8 Å². The molecule has 0 aliphatic rings. The number of benzene rings is 2. The highest BCUT2D eigenvalue weighted by atomic mass is 32.2. The van der Waals surface area contributed by atoms with Crippen LogP contribution in [0.2, 0.25) is 0 Å². The van der Waals surface area contributed by atoms with Gasteiger partial charge >= 0.3 is 5.97 Å². The van der Waals surface area contributed by atoms with E-state index in [1.807, 2.05) is 6.92 Å². The van der Waals surface area contributed by atoms with Crippen molar-refractivity contribution in [3.8, 4) is 17.2 Å². The summed E-state index contributed by atoms with van der Waals surface area (Å²) in [6, 6.07) is 11.1. The molecule has 29 heavy (non-hydrogen) atoms. The molecule has 7 nitrogen and oxygen atoms in total. The smallest absolute Gasteiger partial charge is 0.338 e. The highest BCUT2D eigenvalue weighted by molar-refractivity contribution is 8.00. The van der Waals surface area contributed by atoms with E-state index < -0.39 is 15.5 Å². The fourth-order valence-corrected chi connectivity index (χ4v) is 3.70. The second-order valence-corrected chi connectivity index (χ2v) is 8.76. The molecule has 2 atom stereocenters. The summed E-state index contributed by atoms with van der Waals surface area (Å²) in [6.45, 7) is 3.88. The number of ether oxygens (including phenoxy) is 4. The fourth-order valence-electron chi connectivity index (χ4n) is 2.57. The number of rotatable bonds is 9. The molecule has 0 amide bonds. The summed E-state index contributed by atoms with van der Waals surface area (Å²) < 4.78 is 33.8. The van der Waals surface area contributed by atoms with Gasteiger partial charge in [-0.05, 0) is 43.3 Å². The summed E-state index contributed by atoms with van der Waals surface area (Å²) in [6.07, 6.45) is -0.234. The van der Waals surface area contributed by atoms with E-state index in [-0.39, 0.29) is 17.4 Å². The lowest BCUT2D eigenvalue weighted by Crippen LogP contribution is -2.18. The van der Waals surface area contributed by atoms with Gasteiger partial charge in [-0.3, -0.25) is 4.21 Å². The monoisotopic (exact) mass is 420 g/mol. The van der Waals surface area contributed by atoms with E-state index in [9.17, 15) is 13.8 Å². The van der Waals surface area contributed by atoms with Crippen LogP contribution in [0.1, 0.15) is 24.2 Å². The zero-order chi connectivity index (χ0) is 21.4. The van der Waals surface area contributed by atoms with Crippen LogP contribution in [0.25, 0.3) is 0 Å². The summed E-state index contributed by atoms with van der Waals surface area (Å²) in [5.41, 5.74) is 0.269. The molecule has 0 spiro atoms. The Labute approximate surface area is 170 Å². The predicted octanol–water partition coefficient (Wildman–Crippen LogP) is 3.41. The molecular formula is C21H24O7S. The minimum absolute atomic E-state index is 0.179. The standard InChI is InChI=1S/C21H24O7S/c1-5-29(24,14-22)20-8-6-17(7-9-20)28-19-11-16(21(23)26-4)10-18(12-19)27-15(2)13-25-3/h6-12,15H,5,13H2,1-4H3. The van der Waals surface area contributed by atoms with Crippen LogP contribution in [0.15, 0.2) is 47.4 Å². The van der Waals surface area contributed by atoms with Crippen LogP contribution in [0, 0.1) is 0 Å². The van der Waals surface area contributed by atoms with Gasteiger partial charge in [-0.25, -0.2) is 9.59 Å². The van der Waals surface area contributed by atoms with Crippen molar-refractivity contribution in [3.05, 3.63) is 48.0 Å². The van der Waals surface area contributed by atoms with E-state index in [4.69, 9.17) is 18.9 Å². The van der Waals surface area contributed by atoms with Gasteiger partial charge < -0.3 is 18.9 Å². The maximum atomic E-state index is 12.4. The molecule has 0 radical (unpaired) electrons. The van der Waals surface area contributed by atoms with E-state index in [0.29, 0.717) is 28.8 Å². The normalized spacial score (nSPS) is 13.7. The lowest BCUT2D eigenvalue weighted by atomic mass is 10.2. The molecule has 0 saturated heterocycles. The number of methoxy groups -OCH3 is 2. The zero-order valence-corrected chi connectivity index (χ0v) is 17.6. The minimum Gasteiger partial charge on any atom is -0.488 e. The van der Waals surface area contributed by atoms with Gasteiger partial charge in [0, 0.05) is 23.8 Å². The van der Waals surface area contributed by atoms with Gasteiger partial charge in [0.2, 0.25) is 0 Å². The average Bonchev–Trinajstić information content (AvgIpc) is 2.73. The van der Waals surface area contributed by atoms with Crippen LogP contribution in [0.4, 0.5) is 0 Å². The van der Waals surface area contributed by atoms with E-state index in [2.05, 4.69) is 0 Å². The third kappa shape index (κ3) is 5.84. The second kappa shape index (κ2) is 10.1. The van der Waals surface area contributed by atoms with Crippen LogP contribution < -0.4 is 9.47 Å². The molecule has 2 unspecified atom stereocenters. The maximum Gasteiger partial charge on any atom is 0.338 e. The Morgan fingerprint density at radius 1 is 1.07 bits per heavy atom. The van der Waals surface area contributed by atoms with Gasteiger partial charge in [0.1, 0.15) is 23.4 Å².